The summed E-state index contributed by atoms with van der Waals surface area (Å²) in [5.74, 6) is 0.630. The van der Waals surface area contributed by atoms with Crippen molar-refractivity contribution in [2.75, 3.05) is 18.6 Å². The number of hydrogen-bond donors (Lipinski definition) is 2. The van der Waals surface area contributed by atoms with E-state index in [0.29, 0.717) is 22.5 Å². The zero-order chi connectivity index (χ0) is 14.0. The van der Waals surface area contributed by atoms with Crippen molar-refractivity contribution < 1.29 is 9.53 Å². The van der Waals surface area contributed by atoms with Gasteiger partial charge in [0.2, 0.25) is 0 Å². The Bertz CT molecular complexity index is 636. The third kappa shape index (κ3) is 2.52. The van der Waals surface area contributed by atoms with Gasteiger partial charge in [-0.2, -0.15) is 0 Å². The van der Waals surface area contributed by atoms with Crippen LogP contribution in [0.1, 0.15) is 21.5 Å². The first-order chi connectivity index (χ1) is 9.02. The number of benzene rings is 2. The Hall–Kier alpha value is -2.49. The number of aryl methyl sites for hydroxylation is 1. The van der Waals surface area contributed by atoms with Gasteiger partial charge in [0, 0.05) is 22.5 Å². The van der Waals surface area contributed by atoms with Crippen molar-refractivity contribution in [3.63, 3.8) is 0 Å². The minimum Gasteiger partial charge on any atom is -0.496 e. The first kappa shape index (κ1) is 13.0. The summed E-state index contributed by atoms with van der Waals surface area (Å²) < 4.78 is 5.17. The van der Waals surface area contributed by atoms with Crippen LogP contribution in [0.2, 0.25) is 0 Å². The Kier molecular flexibility index (Phi) is 3.42. The molecule has 0 saturated carbocycles. The predicted octanol–water partition coefficient (Wildman–Crippen LogP) is 2.40. The number of rotatable bonds is 3. The number of nitrogen functional groups attached to an aromatic ring is 2. The SMILES string of the molecule is COc1ccc(C(=O)c2ccc(N)cc2N)cc1C. The van der Waals surface area contributed by atoms with Gasteiger partial charge in [0.1, 0.15) is 5.75 Å². The van der Waals surface area contributed by atoms with Crippen molar-refractivity contribution in [1.82, 2.24) is 0 Å². The maximum atomic E-state index is 12.4. The molecule has 0 aliphatic heterocycles. The van der Waals surface area contributed by atoms with E-state index in [1.165, 1.54) is 0 Å². The smallest absolute Gasteiger partial charge is 0.195 e. The standard InChI is InChI=1S/C15H16N2O2/c1-9-7-10(3-6-14(9)19-2)15(18)12-5-4-11(16)8-13(12)17/h3-8H,16-17H2,1-2H3. The number of hydrogen-bond acceptors (Lipinski definition) is 4. The van der Waals surface area contributed by atoms with Crippen molar-refractivity contribution in [3.8, 4) is 5.75 Å². The molecule has 0 heterocycles. The lowest BCUT2D eigenvalue weighted by atomic mass is 9.99. The number of carbonyl (C=O) groups is 1. The van der Waals surface area contributed by atoms with Gasteiger partial charge >= 0.3 is 0 Å². The average molecular weight is 256 g/mol. The molecule has 0 radical (unpaired) electrons. The summed E-state index contributed by atoms with van der Waals surface area (Å²) >= 11 is 0. The van der Waals surface area contributed by atoms with Crippen LogP contribution in [0.3, 0.4) is 0 Å². The number of ether oxygens (including phenoxy) is 1. The molecule has 2 aromatic rings. The van der Waals surface area contributed by atoms with Crippen molar-refractivity contribution >= 4 is 17.2 Å². The normalized spacial score (nSPS) is 10.2. The molecule has 98 valence electrons. The van der Waals surface area contributed by atoms with Gasteiger partial charge in [-0.1, -0.05) is 0 Å². The first-order valence-electron chi connectivity index (χ1n) is 5.87. The minimum atomic E-state index is -0.122. The van der Waals surface area contributed by atoms with Gasteiger partial charge in [-0.05, 0) is 48.9 Å². The maximum absolute atomic E-state index is 12.4. The third-order valence-corrected chi connectivity index (χ3v) is 2.98. The van der Waals surface area contributed by atoms with Crippen LogP contribution >= 0.6 is 0 Å². The van der Waals surface area contributed by atoms with Crippen LogP contribution in [0, 0.1) is 6.92 Å². The summed E-state index contributed by atoms with van der Waals surface area (Å²) in [6.07, 6.45) is 0. The van der Waals surface area contributed by atoms with E-state index in [0.717, 1.165) is 11.3 Å². The molecular weight excluding hydrogens is 240 g/mol. The molecule has 4 nitrogen and oxygen atoms in total. The quantitative estimate of drug-likeness (QED) is 0.653. The Morgan fingerprint density at radius 1 is 1.11 bits per heavy atom. The zero-order valence-corrected chi connectivity index (χ0v) is 10.9. The molecule has 4 N–H and O–H groups in total. The average Bonchev–Trinajstić information content (AvgIpc) is 2.38. The van der Waals surface area contributed by atoms with E-state index in [1.807, 2.05) is 6.92 Å². The van der Waals surface area contributed by atoms with Crippen molar-refractivity contribution in [2.24, 2.45) is 0 Å². The molecule has 19 heavy (non-hydrogen) atoms. The minimum absolute atomic E-state index is 0.122. The van der Waals surface area contributed by atoms with Gasteiger partial charge in [-0.25, -0.2) is 0 Å². The van der Waals surface area contributed by atoms with Gasteiger partial charge in [-0.15, -0.1) is 0 Å². The van der Waals surface area contributed by atoms with Gasteiger partial charge in [0.05, 0.1) is 7.11 Å². The largest absolute Gasteiger partial charge is 0.496 e. The fourth-order valence-electron chi connectivity index (χ4n) is 1.96. The van der Waals surface area contributed by atoms with E-state index in [-0.39, 0.29) is 5.78 Å². The third-order valence-electron chi connectivity index (χ3n) is 2.98. The molecule has 0 atom stereocenters. The maximum Gasteiger partial charge on any atom is 0.195 e. The second kappa shape index (κ2) is 5.02. The monoisotopic (exact) mass is 256 g/mol. The van der Waals surface area contributed by atoms with Gasteiger partial charge in [0.25, 0.3) is 0 Å². The molecule has 0 fully saturated rings. The van der Waals surface area contributed by atoms with Crippen LogP contribution in [-0.2, 0) is 0 Å². The Balaban J connectivity index is 2.41. The molecule has 2 rings (SSSR count). The molecule has 0 amide bonds. The van der Waals surface area contributed by atoms with Gasteiger partial charge in [-0.3, -0.25) is 4.79 Å². The summed E-state index contributed by atoms with van der Waals surface area (Å²) in [5, 5.41) is 0. The van der Waals surface area contributed by atoms with Crippen molar-refractivity contribution in [3.05, 3.63) is 53.1 Å². The molecule has 0 spiro atoms. The summed E-state index contributed by atoms with van der Waals surface area (Å²) in [6, 6.07) is 10.2. The van der Waals surface area contributed by atoms with Crippen LogP contribution in [0.4, 0.5) is 11.4 Å². The van der Waals surface area contributed by atoms with E-state index in [1.54, 1.807) is 43.5 Å². The molecule has 0 aliphatic carbocycles. The Morgan fingerprint density at radius 2 is 1.84 bits per heavy atom. The lowest BCUT2D eigenvalue weighted by molar-refractivity contribution is 0.103. The van der Waals surface area contributed by atoms with Crippen LogP contribution in [-0.4, -0.2) is 12.9 Å². The number of ketones is 1. The fourth-order valence-corrected chi connectivity index (χ4v) is 1.96. The molecular formula is C15H16N2O2. The molecule has 0 saturated heterocycles. The molecule has 4 heteroatoms. The summed E-state index contributed by atoms with van der Waals surface area (Å²) in [5.41, 5.74) is 14.3. The predicted molar refractivity (Wildman–Crippen MR) is 76.4 cm³/mol. The highest BCUT2D eigenvalue weighted by atomic mass is 16.5. The fraction of sp³-hybridized carbons (Fsp3) is 0.133. The van der Waals surface area contributed by atoms with E-state index >= 15 is 0 Å². The number of carbonyl (C=O) groups excluding carboxylic acids is 1. The molecule has 0 aromatic heterocycles. The van der Waals surface area contributed by atoms with E-state index < -0.39 is 0 Å². The first-order valence-corrected chi connectivity index (χ1v) is 5.87. The number of nitrogens with two attached hydrogens (primary N) is 2. The highest BCUT2D eigenvalue weighted by Crippen LogP contribution is 2.23. The highest BCUT2D eigenvalue weighted by Gasteiger charge is 2.13. The zero-order valence-electron chi connectivity index (χ0n) is 10.9. The summed E-state index contributed by atoms with van der Waals surface area (Å²) in [4.78, 5) is 12.4. The van der Waals surface area contributed by atoms with E-state index in [2.05, 4.69) is 0 Å². The van der Waals surface area contributed by atoms with Crippen molar-refractivity contribution in [1.29, 1.82) is 0 Å². The molecule has 0 bridgehead atoms. The van der Waals surface area contributed by atoms with Gasteiger partial charge in [0.15, 0.2) is 5.78 Å². The van der Waals surface area contributed by atoms with E-state index in [4.69, 9.17) is 16.2 Å². The highest BCUT2D eigenvalue weighted by molar-refractivity contribution is 6.12. The lowest BCUT2D eigenvalue weighted by Crippen LogP contribution is -2.06. The van der Waals surface area contributed by atoms with Crippen LogP contribution in [0.15, 0.2) is 36.4 Å². The Labute approximate surface area is 112 Å². The molecule has 0 unspecified atom stereocenters. The second-order valence-corrected chi connectivity index (χ2v) is 4.36. The van der Waals surface area contributed by atoms with Gasteiger partial charge < -0.3 is 16.2 Å². The molecule has 2 aromatic carbocycles. The lowest BCUT2D eigenvalue weighted by Gasteiger charge is -2.09. The number of methoxy groups -OCH3 is 1. The van der Waals surface area contributed by atoms with E-state index in [9.17, 15) is 4.79 Å². The number of anilines is 2. The van der Waals surface area contributed by atoms with Crippen molar-refractivity contribution in [2.45, 2.75) is 6.92 Å². The summed E-state index contributed by atoms with van der Waals surface area (Å²) in [7, 11) is 1.60. The Morgan fingerprint density at radius 3 is 2.42 bits per heavy atom. The summed E-state index contributed by atoms with van der Waals surface area (Å²) in [6.45, 7) is 1.89. The second-order valence-electron chi connectivity index (χ2n) is 4.36. The van der Waals surface area contributed by atoms with Crippen LogP contribution in [0.25, 0.3) is 0 Å². The molecule has 0 aliphatic rings. The van der Waals surface area contributed by atoms with Crippen LogP contribution < -0.4 is 16.2 Å². The van der Waals surface area contributed by atoms with Crippen LogP contribution in [0.5, 0.6) is 5.75 Å². The topological polar surface area (TPSA) is 78.3 Å².